The minimum absolute atomic E-state index is 0. The molecule has 0 heterocycles. The second-order valence-corrected chi connectivity index (χ2v) is 1.50. The van der Waals surface area contributed by atoms with Crippen molar-refractivity contribution < 1.29 is 0 Å². The van der Waals surface area contributed by atoms with E-state index in [-0.39, 0.29) is 7.43 Å². The van der Waals surface area contributed by atoms with Gasteiger partial charge < -0.3 is 0 Å². The molecule has 0 aromatic rings. The first kappa shape index (κ1) is 10.1. The highest BCUT2D eigenvalue weighted by atomic mass is 13.8. The fraction of sp³-hybridized carbons (Fsp3) is 0.714. The van der Waals surface area contributed by atoms with Gasteiger partial charge in [0.2, 0.25) is 0 Å². The first-order chi connectivity index (χ1) is 2.91. The quantitative estimate of drug-likeness (QED) is 0.474. The van der Waals surface area contributed by atoms with E-state index in [9.17, 15) is 0 Å². The summed E-state index contributed by atoms with van der Waals surface area (Å²) >= 11 is 0. The fourth-order valence-corrected chi connectivity index (χ4v) is 0.394. The minimum atomic E-state index is 0. The van der Waals surface area contributed by atoms with Crippen molar-refractivity contribution in [1.82, 2.24) is 0 Å². The van der Waals surface area contributed by atoms with Gasteiger partial charge in [-0.2, -0.15) is 0 Å². The molecule has 0 amide bonds. The van der Waals surface area contributed by atoms with Gasteiger partial charge in [0.15, 0.2) is 0 Å². The molecule has 7 heavy (non-hydrogen) atoms. The Balaban J connectivity index is 0. The Morgan fingerprint density at radius 3 is 2.00 bits per heavy atom. The Morgan fingerprint density at radius 1 is 1.29 bits per heavy atom. The molecule has 0 aromatic carbocycles. The first-order valence-corrected chi connectivity index (χ1v) is 2.62. The predicted octanol–water partition coefficient (Wildman–Crippen LogP) is 2.48. The zero-order chi connectivity index (χ0) is 4.83. The monoisotopic (exact) mass is 97.1 g/mol. The van der Waals surface area contributed by atoms with Crippen molar-refractivity contribution in [2.75, 3.05) is 0 Å². The SMILES string of the molecule is [CH].[CH]CCCCC. The third-order valence-electron chi connectivity index (χ3n) is 0.808. The van der Waals surface area contributed by atoms with Crippen LogP contribution >= 0.6 is 0 Å². The van der Waals surface area contributed by atoms with Gasteiger partial charge in [-0.1, -0.05) is 26.2 Å². The van der Waals surface area contributed by atoms with E-state index in [1.54, 1.807) is 0 Å². The topological polar surface area (TPSA) is 0 Å². The Bertz CT molecular complexity index is 12.0. The molecule has 0 fully saturated rings. The van der Waals surface area contributed by atoms with Crippen LogP contribution in [0.1, 0.15) is 32.6 Å². The van der Waals surface area contributed by atoms with Crippen LogP contribution in [-0.4, -0.2) is 0 Å². The largest absolute Gasteiger partial charge is 0.0654 e. The number of hydrogen-bond acceptors (Lipinski definition) is 0. The van der Waals surface area contributed by atoms with Gasteiger partial charge in [-0.3, -0.25) is 0 Å². The molecule has 0 unspecified atom stereocenters. The van der Waals surface area contributed by atoms with Crippen molar-refractivity contribution in [2.24, 2.45) is 0 Å². The molecule has 0 aliphatic heterocycles. The van der Waals surface area contributed by atoms with Crippen LogP contribution in [0.15, 0.2) is 0 Å². The van der Waals surface area contributed by atoms with Crippen LogP contribution in [0.4, 0.5) is 0 Å². The van der Waals surface area contributed by atoms with Crippen molar-refractivity contribution in [3.63, 3.8) is 0 Å². The number of unbranched alkanes of at least 4 members (excludes halogenated alkanes) is 3. The molecule has 5 radical (unpaired) electrons. The Morgan fingerprint density at radius 2 is 1.86 bits per heavy atom. The normalized spacial score (nSPS) is 7.71. The average Bonchev–Trinajstić information content (AvgIpc) is 1.61. The van der Waals surface area contributed by atoms with Crippen molar-refractivity contribution in [3.8, 4) is 0 Å². The molecule has 0 heteroatoms. The molecule has 0 aliphatic rings. The third-order valence-corrected chi connectivity index (χ3v) is 0.808. The Kier molecular flexibility index (Phi) is 13.5. The molecule has 0 atom stereocenters. The van der Waals surface area contributed by atoms with Crippen molar-refractivity contribution in [2.45, 2.75) is 32.6 Å². The minimum Gasteiger partial charge on any atom is -0.0654 e. The van der Waals surface area contributed by atoms with Gasteiger partial charge in [0, 0.05) is 0 Å². The molecule has 0 bridgehead atoms. The molecular weight excluding hydrogens is 84.1 g/mol. The number of rotatable bonds is 3. The van der Waals surface area contributed by atoms with E-state index in [4.69, 9.17) is 6.92 Å². The number of hydrogen-bond donors (Lipinski definition) is 0. The van der Waals surface area contributed by atoms with Crippen molar-refractivity contribution >= 4 is 0 Å². The molecule has 0 nitrogen and oxygen atoms in total. The van der Waals surface area contributed by atoms with Gasteiger partial charge in [0.05, 0.1) is 0 Å². The summed E-state index contributed by atoms with van der Waals surface area (Å²) in [6, 6.07) is 0. The van der Waals surface area contributed by atoms with Gasteiger partial charge in [-0.25, -0.2) is 0 Å². The lowest BCUT2D eigenvalue weighted by atomic mass is 10.2. The molecule has 0 N–H and O–H groups in total. The highest BCUT2D eigenvalue weighted by Gasteiger charge is 1.75. The fourth-order valence-electron chi connectivity index (χ4n) is 0.394. The van der Waals surface area contributed by atoms with Gasteiger partial charge in [-0.05, 0) is 20.8 Å². The summed E-state index contributed by atoms with van der Waals surface area (Å²) in [5, 5.41) is 0. The molecule has 41 valence electrons. The van der Waals surface area contributed by atoms with Crippen LogP contribution in [0.5, 0.6) is 0 Å². The summed E-state index contributed by atoms with van der Waals surface area (Å²) in [5.74, 6) is 0. The van der Waals surface area contributed by atoms with Crippen LogP contribution in [0.2, 0.25) is 0 Å². The second kappa shape index (κ2) is 9.38. The molecular formula is C7H13. The standard InChI is InChI=1S/C6H12.CH/c1-3-5-6-4-2;/h1H,3-6H2,2H3;1H. The zero-order valence-corrected chi connectivity index (χ0v) is 4.98. The van der Waals surface area contributed by atoms with E-state index in [2.05, 4.69) is 6.92 Å². The third kappa shape index (κ3) is 10.7. The maximum Gasteiger partial charge on any atom is -0.0312 e. The van der Waals surface area contributed by atoms with Crippen LogP contribution in [0.25, 0.3) is 0 Å². The van der Waals surface area contributed by atoms with Gasteiger partial charge in [0.1, 0.15) is 0 Å². The van der Waals surface area contributed by atoms with E-state index in [0.717, 1.165) is 6.42 Å². The summed E-state index contributed by atoms with van der Waals surface area (Å²) < 4.78 is 0. The smallest absolute Gasteiger partial charge is 0.0312 e. The summed E-state index contributed by atoms with van der Waals surface area (Å²) in [4.78, 5) is 0. The first-order valence-electron chi connectivity index (χ1n) is 2.62. The van der Waals surface area contributed by atoms with Crippen molar-refractivity contribution in [3.05, 3.63) is 14.4 Å². The van der Waals surface area contributed by atoms with E-state index in [0.29, 0.717) is 0 Å². The molecule has 0 saturated carbocycles. The van der Waals surface area contributed by atoms with Gasteiger partial charge in [-0.15, -0.1) is 0 Å². The van der Waals surface area contributed by atoms with E-state index < -0.39 is 0 Å². The van der Waals surface area contributed by atoms with Crippen LogP contribution in [0, 0.1) is 14.4 Å². The van der Waals surface area contributed by atoms with E-state index >= 15 is 0 Å². The predicted molar refractivity (Wildman–Crippen MR) is 32.7 cm³/mol. The lowest BCUT2D eigenvalue weighted by Gasteiger charge is -1.85. The highest BCUT2D eigenvalue weighted by molar-refractivity contribution is 4.38. The zero-order valence-electron chi connectivity index (χ0n) is 4.98. The Hall–Kier alpha value is 0. The Labute approximate surface area is 47.9 Å². The summed E-state index contributed by atoms with van der Waals surface area (Å²) in [6.45, 7) is 7.39. The average molecular weight is 97.2 g/mol. The summed E-state index contributed by atoms with van der Waals surface area (Å²) in [7, 11) is 0. The van der Waals surface area contributed by atoms with Crippen molar-refractivity contribution in [1.29, 1.82) is 0 Å². The second-order valence-electron chi connectivity index (χ2n) is 1.50. The summed E-state index contributed by atoms with van der Waals surface area (Å²) in [5.41, 5.74) is 0. The maximum absolute atomic E-state index is 5.21. The van der Waals surface area contributed by atoms with Gasteiger partial charge >= 0.3 is 0 Å². The molecule has 0 spiro atoms. The highest BCUT2D eigenvalue weighted by Crippen LogP contribution is 1.95. The maximum atomic E-state index is 5.21. The molecule has 0 aliphatic carbocycles. The van der Waals surface area contributed by atoms with E-state index in [1.807, 2.05) is 0 Å². The van der Waals surface area contributed by atoms with Crippen LogP contribution in [-0.2, 0) is 0 Å². The molecule has 0 rings (SSSR count). The lowest BCUT2D eigenvalue weighted by molar-refractivity contribution is 0.728. The summed E-state index contributed by atoms with van der Waals surface area (Å²) in [6.07, 6.45) is 4.61. The molecule has 0 aromatic heterocycles. The molecule has 0 saturated heterocycles. The van der Waals surface area contributed by atoms with Crippen LogP contribution < -0.4 is 0 Å². The lowest BCUT2D eigenvalue weighted by Crippen LogP contribution is -1.66. The van der Waals surface area contributed by atoms with E-state index in [1.165, 1.54) is 19.3 Å². The van der Waals surface area contributed by atoms with Crippen LogP contribution in [0.3, 0.4) is 0 Å². The van der Waals surface area contributed by atoms with Gasteiger partial charge in [0.25, 0.3) is 0 Å².